The summed E-state index contributed by atoms with van der Waals surface area (Å²) in [7, 11) is 0. The molecule has 0 amide bonds. The first-order valence-corrected chi connectivity index (χ1v) is 8.99. The van der Waals surface area contributed by atoms with Gasteiger partial charge in [-0.05, 0) is 61.9 Å². The predicted octanol–water partition coefficient (Wildman–Crippen LogP) is 6.92. The summed E-state index contributed by atoms with van der Waals surface area (Å²) >= 11 is 2.46. The van der Waals surface area contributed by atoms with Gasteiger partial charge in [0.2, 0.25) is 0 Å². The fourth-order valence-corrected chi connectivity index (χ4v) is 3.72. The number of benzene rings is 3. The molecule has 3 rings (SSSR count). The molecular weight excluding hydrogens is 391 g/mol. The summed E-state index contributed by atoms with van der Waals surface area (Å²) in [5, 5.41) is 0. The van der Waals surface area contributed by atoms with Crippen LogP contribution in [0.1, 0.15) is 26.3 Å². The molecule has 0 radical (unpaired) electrons. The fourth-order valence-electron chi connectivity index (χ4n) is 2.92. The molecule has 3 aromatic rings. The Morgan fingerprint density at radius 2 is 1.30 bits per heavy atom. The van der Waals surface area contributed by atoms with Crippen LogP contribution in [0.2, 0.25) is 0 Å². The van der Waals surface area contributed by atoms with Crippen LogP contribution in [-0.2, 0) is 5.41 Å². The van der Waals surface area contributed by atoms with Crippen molar-refractivity contribution in [2.75, 3.05) is 0 Å². The van der Waals surface area contributed by atoms with Crippen LogP contribution in [0, 0.1) is 3.57 Å². The lowest BCUT2D eigenvalue weighted by Crippen LogP contribution is -2.12. The minimum absolute atomic E-state index is 0.137. The van der Waals surface area contributed by atoms with Crippen molar-refractivity contribution in [2.45, 2.75) is 26.2 Å². The van der Waals surface area contributed by atoms with Gasteiger partial charge in [-0.2, -0.15) is 0 Å². The Labute approximate surface area is 152 Å². The Morgan fingerprint density at radius 3 is 1.96 bits per heavy atom. The second-order valence-electron chi connectivity index (χ2n) is 6.86. The number of hydrogen-bond acceptors (Lipinski definition) is 0. The molecule has 116 valence electrons. The van der Waals surface area contributed by atoms with Crippen molar-refractivity contribution in [1.29, 1.82) is 0 Å². The second-order valence-corrected chi connectivity index (χ2v) is 8.02. The Morgan fingerprint density at radius 1 is 0.652 bits per heavy atom. The zero-order chi connectivity index (χ0) is 16.4. The largest absolute Gasteiger partial charge is 0.0622 e. The van der Waals surface area contributed by atoms with E-state index in [0.29, 0.717) is 0 Å². The highest BCUT2D eigenvalue weighted by Crippen LogP contribution is 2.36. The van der Waals surface area contributed by atoms with E-state index in [2.05, 4.69) is 116 Å². The van der Waals surface area contributed by atoms with E-state index in [4.69, 9.17) is 0 Å². The molecule has 0 spiro atoms. The van der Waals surface area contributed by atoms with Gasteiger partial charge in [0.1, 0.15) is 0 Å². The Balaban J connectivity index is 2.10. The molecule has 0 aromatic heterocycles. The van der Waals surface area contributed by atoms with Crippen molar-refractivity contribution in [2.24, 2.45) is 0 Å². The topological polar surface area (TPSA) is 0 Å². The molecule has 0 aliphatic carbocycles. The van der Waals surface area contributed by atoms with Crippen LogP contribution in [-0.4, -0.2) is 0 Å². The average molecular weight is 412 g/mol. The first kappa shape index (κ1) is 16.3. The lowest BCUT2D eigenvalue weighted by molar-refractivity contribution is 0.592. The Kier molecular flexibility index (Phi) is 4.58. The summed E-state index contributed by atoms with van der Waals surface area (Å²) in [4.78, 5) is 0. The standard InChI is InChI=1S/C22H21I/c1-22(2,3)20-12-8-7-11-18(20)19-14-13-17(15-21(19)23)16-9-5-4-6-10-16/h4-15H,1-3H3. The van der Waals surface area contributed by atoms with Crippen molar-refractivity contribution in [3.05, 3.63) is 81.9 Å². The van der Waals surface area contributed by atoms with E-state index in [1.807, 2.05) is 0 Å². The second kappa shape index (κ2) is 6.48. The highest BCUT2D eigenvalue weighted by atomic mass is 127. The van der Waals surface area contributed by atoms with Gasteiger partial charge in [-0.1, -0.05) is 87.5 Å². The zero-order valence-electron chi connectivity index (χ0n) is 13.8. The van der Waals surface area contributed by atoms with Gasteiger partial charge in [-0.15, -0.1) is 0 Å². The van der Waals surface area contributed by atoms with Crippen LogP contribution < -0.4 is 0 Å². The van der Waals surface area contributed by atoms with E-state index in [-0.39, 0.29) is 5.41 Å². The number of halogens is 1. The third-order valence-electron chi connectivity index (χ3n) is 4.10. The van der Waals surface area contributed by atoms with Crippen LogP contribution in [0.3, 0.4) is 0 Å². The molecule has 0 bridgehead atoms. The molecule has 0 aliphatic rings. The van der Waals surface area contributed by atoms with Crippen molar-refractivity contribution in [3.8, 4) is 22.3 Å². The normalized spacial score (nSPS) is 11.5. The third kappa shape index (κ3) is 3.50. The molecule has 0 saturated heterocycles. The molecule has 0 saturated carbocycles. The molecule has 23 heavy (non-hydrogen) atoms. The lowest BCUT2D eigenvalue weighted by atomic mass is 9.82. The molecular formula is C22H21I. The van der Waals surface area contributed by atoms with E-state index in [0.717, 1.165) is 0 Å². The Hall–Kier alpha value is -1.61. The molecule has 3 aromatic carbocycles. The van der Waals surface area contributed by atoms with Gasteiger partial charge in [-0.3, -0.25) is 0 Å². The van der Waals surface area contributed by atoms with Crippen LogP contribution in [0.4, 0.5) is 0 Å². The van der Waals surface area contributed by atoms with E-state index < -0.39 is 0 Å². The summed E-state index contributed by atoms with van der Waals surface area (Å²) in [6.07, 6.45) is 0. The molecule has 1 heteroatoms. The first-order chi connectivity index (χ1) is 11.0. The average Bonchev–Trinajstić information content (AvgIpc) is 2.55. The summed E-state index contributed by atoms with van der Waals surface area (Å²) in [5.74, 6) is 0. The maximum atomic E-state index is 2.46. The van der Waals surface area contributed by atoms with Crippen LogP contribution >= 0.6 is 22.6 Å². The van der Waals surface area contributed by atoms with Crippen LogP contribution in [0.5, 0.6) is 0 Å². The van der Waals surface area contributed by atoms with Crippen molar-refractivity contribution in [3.63, 3.8) is 0 Å². The van der Waals surface area contributed by atoms with Gasteiger partial charge in [0.25, 0.3) is 0 Å². The predicted molar refractivity (Wildman–Crippen MR) is 109 cm³/mol. The van der Waals surface area contributed by atoms with E-state index in [1.165, 1.54) is 31.4 Å². The van der Waals surface area contributed by atoms with Crippen molar-refractivity contribution in [1.82, 2.24) is 0 Å². The minimum Gasteiger partial charge on any atom is -0.0622 e. The summed E-state index contributed by atoms with van der Waals surface area (Å²) in [6.45, 7) is 6.82. The van der Waals surface area contributed by atoms with E-state index in [9.17, 15) is 0 Å². The highest BCUT2D eigenvalue weighted by Gasteiger charge is 2.19. The summed E-state index contributed by atoms with van der Waals surface area (Å²) in [6, 6.07) is 26.1. The maximum Gasteiger partial charge on any atom is 0.0215 e. The molecule has 0 fully saturated rings. The molecule has 0 N–H and O–H groups in total. The van der Waals surface area contributed by atoms with E-state index >= 15 is 0 Å². The van der Waals surface area contributed by atoms with Gasteiger partial charge in [-0.25, -0.2) is 0 Å². The zero-order valence-corrected chi connectivity index (χ0v) is 16.0. The van der Waals surface area contributed by atoms with Gasteiger partial charge >= 0.3 is 0 Å². The molecule has 0 heterocycles. The number of rotatable bonds is 2. The maximum absolute atomic E-state index is 2.46. The van der Waals surface area contributed by atoms with Crippen molar-refractivity contribution < 1.29 is 0 Å². The summed E-state index contributed by atoms with van der Waals surface area (Å²) < 4.78 is 1.29. The molecule has 0 aliphatic heterocycles. The van der Waals surface area contributed by atoms with Crippen LogP contribution in [0.25, 0.3) is 22.3 Å². The monoisotopic (exact) mass is 412 g/mol. The lowest BCUT2D eigenvalue weighted by Gasteiger charge is -2.23. The van der Waals surface area contributed by atoms with Crippen LogP contribution in [0.15, 0.2) is 72.8 Å². The van der Waals surface area contributed by atoms with Gasteiger partial charge in [0, 0.05) is 3.57 Å². The first-order valence-electron chi connectivity index (χ1n) is 7.92. The summed E-state index contributed by atoms with van der Waals surface area (Å²) in [5.41, 5.74) is 6.72. The fraction of sp³-hybridized carbons (Fsp3) is 0.182. The highest BCUT2D eigenvalue weighted by molar-refractivity contribution is 14.1. The SMILES string of the molecule is CC(C)(C)c1ccccc1-c1ccc(-c2ccccc2)cc1I. The third-order valence-corrected chi connectivity index (χ3v) is 4.99. The molecule has 0 atom stereocenters. The number of hydrogen-bond donors (Lipinski definition) is 0. The molecule has 0 nitrogen and oxygen atoms in total. The van der Waals surface area contributed by atoms with Gasteiger partial charge in [0.15, 0.2) is 0 Å². The van der Waals surface area contributed by atoms with Crippen molar-refractivity contribution >= 4 is 22.6 Å². The van der Waals surface area contributed by atoms with Gasteiger partial charge < -0.3 is 0 Å². The Bertz CT molecular complexity index is 811. The van der Waals surface area contributed by atoms with E-state index in [1.54, 1.807) is 0 Å². The van der Waals surface area contributed by atoms with Gasteiger partial charge in [0.05, 0.1) is 0 Å². The smallest absolute Gasteiger partial charge is 0.0215 e. The minimum atomic E-state index is 0.137. The molecule has 0 unspecified atom stereocenters. The quantitative estimate of drug-likeness (QED) is 0.401.